The van der Waals surface area contributed by atoms with Crippen molar-refractivity contribution in [1.29, 1.82) is 0 Å². The summed E-state index contributed by atoms with van der Waals surface area (Å²) in [5.74, 6) is 0.590. The summed E-state index contributed by atoms with van der Waals surface area (Å²) in [6.45, 7) is 6.18. The highest BCUT2D eigenvalue weighted by Crippen LogP contribution is 2.02. The van der Waals surface area contributed by atoms with Crippen molar-refractivity contribution < 1.29 is 9.90 Å². The number of carbonyl (C=O) groups excluding carboxylic acids is 1. The van der Waals surface area contributed by atoms with Gasteiger partial charge in [0.2, 0.25) is 5.91 Å². The van der Waals surface area contributed by atoms with Crippen LogP contribution in [0, 0.1) is 5.92 Å². The number of amides is 1. The maximum atomic E-state index is 11.0. The Hall–Kier alpha value is -0.570. The van der Waals surface area contributed by atoms with Gasteiger partial charge in [0.25, 0.3) is 0 Å². The van der Waals surface area contributed by atoms with Gasteiger partial charge in [-0.3, -0.25) is 4.79 Å². The molecule has 0 aliphatic carbocycles. The fourth-order valence-electron chi connectivity index (χ4n) is 0.770. The maximum absolute atomic E-state index is 11.0. The summed E-state index contributed by atoms with van der Waals surface area (Å²) in [6.07, 6.45) is 1.02. The molecule has 0 bridgehead atoms. The lowest BCUT2D eigenvalue weighted by molar-refractivity contribution is -0.121. The molecule has 3 heteroatoms. The van der Waals surface area contributed by atoms with Crippen LogP contribution in [0.2, 0.25) is 0 Å². The number of rotatable bonds is 5. The van der Waals surface area contributed by atoms with Crippen LogP contribution < -0.4 is 5.32 Å². The Morgan fingerprint density at radius 3 is 2.42 bits per heavy atom. The molecule has 2 N–H and O–H groups in total. The van der Waals surface area contributed by atoms with E-state index in [2.05, 4.69) is 19.2 Å². The van der Waals surface area contributed by atoms with Crippen LogP contribution in [0.4, 0.5) is 0 Å². The molecule has 0 rings (SSSR count). The van der Waals surface area contributed by atoms with Gasteiger partial charge in [-0.1, -0.05) is 13.8 Å². The lowest BCUT2D eigenvalue weighted by Crippen LogP contribution is -2.30. The average molecular weight is 173 g/mol. The quantitative estimate of drug-likeness (QED) is 0.649. The third-order valence-corrected chi connectivity index (χ3v) is 1.54. The second-order valence-corrected chi connectivity index (χ2v) is 3.59. The zero-order chi connectivity index (χ0) is 9.56. The number of aliphatic hydroxyl groups excluding tert-OH is 1. The van der Waals surface area contributed by atoms with Crippen LogP contribution in [0.3, 0.4) is 0 Å². The first kappa shape index (κ1) is 11.4. The predicted octanol–water partition coefficient (Wildman–Crippen LogP) is 0.920. The van der Waals surface area contributed by atoms with Gasteiger partial charge in [-0.25, -0.2) is 0 Å². The van der Waals surface area contributed by atoms with Crippen LogP contribution in [-0.4, -0.2) is 23.7 Å². The summed E-state index contributed by atoms with van der Waals surface area (Å²) in [5.41, 5.74) is 0. The highest BCUT2D eigenvalue weighted by molar-refractivity contribution is 5.75. The highest BCUT2D eigenvalue weighted by Gasteiger charge is 2.03. The van der Waals surface area contributed by atoms with Gasteiger partial charge in [-0.2, -0.15) is 0 Å². The Morgan fingerprint density at radius 1 is 1.42 bits per heavy atom. The fraction of sp³-hybridized carbons (Fsp3) is 0.889. The number of hydrogen-bond acceptors (Lipinski definition) is 2. The van der Waals surface area contributed by atoms with Crippen LogP contribution in [-0.2, 0) is 4.79 Å². The zero-order valence-electron chi connectivity index (χ0n) is 8.13. The lowest BCUT2D eigenvalue weighted by atomic mass is 10.1. The van der Waals surface area contributed by atoms with Crippen molar-refractivity contribution in [1.82, 2.24) is 5.32 Å². The minimum absolute atomic E-state index is 0.0320. The number of hydrogen-bond donors (Lipinski definition) is 2. The van der Waals surface area contributed by atoms with Crippen molar-refractivity contribution in [3.63, 3.8) is 0 Å². The zero-order valence-corrected chi connectivity index (χ0v) is 8.13. The lowest BCUT2D eigenvalue weighted by Gasteiger charge is -2.07. The van der Waals surface area contributed by atoms with Gasteiger partial charge in [0.1, 0.15) is 0 Å². The summed E-state index contributed by atoms with van der Waals surface area (Å²) in [6, 6.07) is 0. The fourth-order valence-corrected chi connectivity index (χ4v) is 0.770. The van der Waals surface area contributed by atoms with E-state index in [9.17, 15) is 4.79 Å². The molecule has 72 valence electrons. The molecule has 3 nitrogen and oxygen atoms in total. The van der Waals surface area contributed by atoms with Gasteiger partial charge in [-0.05, 0) is 19.3 Å². The summed E-state index contributed by atoms with van der Waals surface area (Å²) in [5, 5.41) is 11.5. The van der Waals surface area contributed by atoms with E-state index in [0.717, 1.165) is 6.42 Å². The molecule has 0 saturated heterocycles. The van der Waals surface area contributed by atoms with Crippen LogP contribution in [0.25, 0.3) is 0 Å². The molecule has 0 saturated carbocycles. The first-order valence-corrected chi connectivity index (χ1v) is 4.47. The second-order valence-electron chi connectivity index (χ2n) is 3.59. The smallest absolute Gasteiger partial charge is 0.220 e. The minimum atomic E-state index is -0.451. The first-order valence-electron chi connectivity index (χ1n) is 4.47. The van der Waals surface area contributed by atoms with Gasteiger partial charge in [0, 0.05) is 13.0 Å². The summed E-state index contributed by atoms with van der Waals surface area (Å²) < 4.78 is 0. The Morgan fingerprint density at radius 2 is 2.00 bits per heavy atom. The Labute approximate surface area is 74.2 Å². The van der Waals surface area contributed by atoms with Crippen molar-refractivity contribution >= 4 is 5.91 Å². The van der Waals surface area contributed by atoms with E-state index in [4.69, 9.17) is 5.11 Å². The molecule has 0 fully saturated rings. The molecule has 0 unspecified atom stereocenters. The van der Waals surface area contributed by atoms with Crippen molar-refractivity contribution in [2.75, 3.05) is 6.54 Å². The Bertz CT molecular complexity index is 118. The standard InChI is InChI=1S/C9H19NO2/c1-7(2)4-5-9(12)10-6-8(3)11/h7-8,11H,4-6H2,1-3H3,(H,10,12)/t8-/m0/s1. The van der Waals surface area contributed by atoms with Crippen LogP contribution in [0.1, 0.15) is 33.6 Å². The van der Waals surface area contributed by atoms with Crippen LogP contribution >= 0.6 is 0 Å². The van der Waals surface area contributed by atoms with Crippen molar-refractivity contribution in [3.8, 4) is 0 Å². The molecule has 0 aromatic rings. The van der Waals surface area contributed by atoms with E-state index in [0.29, 0.717) is 18.9 Å². The first-order chi connectivity index (χ1) is 5.52. The molecule has 0 heterocycles. The second kappa shape index (κ2) is 6.00. The summed E-state index contributed by atoms with van der Waals surface area (Å²) in [4.78, 5) is 11.0. The average Bonchev–Trinajstić information content (AvgIpc) is 1.96. The molecular weight excluding hydrogens is 154 g/mol. The Balaban J connectivity index is 3.34. The molecule has 1 atom stereocenters. The monoisotopic (exact) mass is 173 g/mol. The summed E-state index contributed by atoms with van der Waals surface area (Å²) >= 11 is 0. The minimum Gasteiger partial charge on any atom is -0.392 e. The molecule has 0 aliphatic heterocycles. The number of aliphatic hydroxyl groups is 1. The molecular formula is C9H19NO2. The van der Waals surface area contributed by atoms with Crippen molar-refractivity contribution in [2.45, 2.75) is 39.7 Å². The van der Waals surface area contributed by atoms with Gasteiger partial charge in [0.05, 0.1) is 6.10 Å². The van der Waals surface area contributed by atoms with E-state index in [1.807, 2.05) is 0 Å². The number of carbonyl (C=O) groups is 1. The largest absolute Gasteiger partial charge is 0.392 e. The Kier molecular flexibility index (Phi) is 5.72. The molecule has 0 radical (unpaired) electrons. The van der Waals surface area contributed by atoms with E-state index in [1.165, 1.54) is 0 Å². The van der Waals surface area contributed by atoms with E-state index < -0.39 is 6.10 Å². The molecule has 12 heavy (non-hydrogen) atoms. The van der Waals surface area contributed by atoms with Gasteiger partial charge in [0.15, 0.2) is 0 Å². The predicted molar refractivity (Wildman–Crippen MR) is 48.8 cm³/mol. The topological polar surface area (TPSA) is 49.3 Å². The molecule has 0 aromatic heterocycles. The summed E-state index contributed by atoms with van der Waals surface area (Å²) in [7, 11) is 0. The van der Waals surface area contributed by atoms with Crippen molar-refractivity contribution in [3.05, 3.63) is 0 Å². The van der Waals surface area contributed by atoms with Gasteiger partial charge >= 0.3 is 0 Å². The van der Waals surface area contributed by atoms with Crippen LogP contribution in [0.15, 0.2) is 0 Å². The van der Waals surface area contributed by atoms with Gasteiger partial charge < -0.3 is 10.4 Å². The van der Waals surface area contributed by atoms with Gasteiger partial charge in [-0.15, -0.1) is 0 Å². The molecule has 0 aromatic carbocycles. The van der Waals surface area contributed by atoms with E-state index >= 15 is 0 Å². The van der Waals surface area contributed by atoms with E-state index in [-0.39, 0.29) is 5.91 Å². The maximum Gasteiger partial charge on any atom is 0.220 e. The normalized spacial score (nSPS) is 13.1. The third-order valence-electron chi connectivity index (χ3n) is 1.54. The highest BCUT2D eigenvalue weighted by atomic mass is 16.3. The SMILES string of the molecule is CC(C)CCC(=O)NC[C@H](C)O. The molecule has 0 aliphatic rings. The number of nitrogens with one attached hydrogen (secondary N) is 1. The van der Waals surface area contributed by atoms with Crippen LogP contribution in [0.5, 0.6) is 0 Å². The van der Waals surface area contributed by atoms with E-state index in [1.54, 1.807) is 6.92 Å². The van der Waals surface area contributed by atoms with Crippen molar-refractivity contribution in [2.24, 2.45) is 5.92 Å². The molecule has 0 spiro atoms. The molecule has 1 amide bonds. The third kappa shape index (κ3) is 7.54.